The van der Waals surface area contributed by atoms with Crippen molar-refractivity contribution in [2.45, 2.75) is 32.4 Å². The minimum absolute atomic E-state index is 0.0972. The van der Waals surface area contributed by atoms with Crippen LogP contribution < -0.4 is 10.6 Å². The minimum Gasteiger partial charge on any atom is -0.372 e. The van der Waals surface area contributed by atoms with Crippen LogP contribution in [0, 0.1) is 0 Å². The maximum atomic E-state index is 11.6. The van der Waals surface area contributed by atoms with Crippen LogP contribution in [0.4, 0.5) is 4.79 Å². The predicted octanol–water partition coefficient (Wildman–Crippen LogP) is 2.91. The summed E-state index contributed by atoms with van der Waals surface area (Å²) in [7, 11) is 1.61. The van der Waals surface area contributed by atoms with Crippen LogP contribution >= 0.6 is 11.6 Å². The SMILES string of the molecule is COC(C)(CNC(=O)NC(C)C)c1cccc(Cl)c1. The van der Waals surface area contributed by atoms with Gasteiger partial charge in [-0.3, -0.25) is 0 Å². The quantitative estimate of drug-likeness (QED) is 0.873. The van der Waals surface area contributed by atoms with Gasteiger partial charge in [-0.15, -0.1) is 0 Å². The molecule has 1 rings (SSSR count). The number of amides is 2. The fraction of sp³-hybridized carbons (Fsp3) is 0.500. The number of rotatable bonds is 5. The second kappa shape index (κ2) is 6.78. The first-order valence-electron chi connectivity index (χ1n) is 6.23. The third-order valence-electron chi connectivity index (χ3n) is 2.89. The third-order valence-corrected chi connectivity index (χ3v) is 3.13. The average Bonchev–Trinajstić information content (AvgIpc) is 2.35. The van der Waals surface area contributed by atoms with E-state index in [1.807, 2.05) is 39.0 Å². The van der Waals surface area contributed by atoms with Crippen molar-refractivity contribution in [2.24, 2.45) is 0 Å². The Labute approximate surface area is 119 Å². The van der Waals surface area contributed by atoms with Gasteiger partial charge >= 0.3 is 6.03 Å². The van der Waals surface area contributed by atoms with Gasteiger partial charge in [0.1, 0.15) is 5.60 Å². The molecule has 106 valence electrons. The summed E-state index contributed by atoms with van der Waals surface area (Å²) in [5.41, 5.74) is 0.312. The van der Waals surface area contributed by atoms with Crippen molar-refractivity contribution in [3.05, 3.63) is 34.9 Å². The van der Waals surface area contributed by atoms with Crippen LogP contribution in [-0.4, -0.2) is 25.7 Å². The van der Waals surface area contributed by atoms with Crippen LogP contribution in [0.3, 0.4) is 0 Å². The number of benzene rings is 1. The highest BCUT2D eigenvalue weighted by atomic mass is 35.5. The van der Waals surface area contributed by atoms with E-state index in [0.717, 1.165) is 5.56 Å². The number of carbonyl (C=O) groups excluding carboxylic acids is 1. The van der Waals surface area contributed by atoms with Crippen LogP contribution in [-0.2, 0) is 10.3 Å². The molecule has 0 saturated carbocycles. The van der Waals surface area contributed by atoms with Crippen molar-refractivity contribution < 1.29 is 9.53 Å². The molecule has 0 aliphatic carbocycles. The predicted molar refractivity (Wildman–Crippen MR) is 77.5 cm³/mol. The van der Waals surface area contributed by atoms with Crippen LogP contribution in [0.2, 0.25) is 5.02 Å². The Morgan fingerprint density at radius 3 is 2.68 bits per heavy atom. The molecule has 4 nitrogen and oxygen atoms in total. The fourth-order valence-corrected chi connectivity index (χ4v) is 1.86. The minimum atomic E-state index is -0.612. The lowest BCUT2D eigenvalue weighted by Crippen LogP contribution is -2.46. The van der Waals surface area contributed by atoms with Gasteiger partial charge in [-0.1, -0.05) is 23.7 Å². The van der Waals surface area contributed by atoms with Gasteiger partial charge in [0.25, 0.3) is 0 Å². The normalized spacial score (nSPS) is 14.0. The first-order chi connectivity index (χ1) is 8.87. The number of hydrogen-bond donors (Lipinski definition) is 2. The van der Waals surface area contributed by atoms with E-state index in [-0.39, 0.29) is 12.1 Å². The van der Waals surface area contributed by atoms with Gasteiger partial charge < -0.3 is 15.4 Å². The Hall–Kier alpha value is -1.26. The number of methoxy groups -OCH3 is 1. The number of nitrogens with one attached hydrogen (secondary N) is 2. The molecule has 2 N–H and O–H groups in total. The summed E-state index contributed by atoms with van der Waals surface area (Å²) >= 11 is 5.98. The molecule has 1 aromatic carbocycles. The molecule has 0 saturated heterocycles. The van der Waals surface area contributed by atoms with Crippen molar-refractivity contribution in [3.63, 3.8) is 0 Å². The van der Waals surface area contributed by atoms with Crippen molar-refractivity contribution in [3.8, 4) is 0 Å². The zero-order valence-electron chi connectivity index (χ0n) is 11.8. The summed E-state index contributed by atoms with van der Waals surface area (Å²) in [5, 5.41) is 6.22. The van der Waals surface area contributed by atoms with E-state index < -0.39 is 5.60 Å². The Bertz CT molecular complexity index is 437. The highest BCUT2D eigenvalue weighted by Crippen LogP contribution is 2.26. The fourth-order valence-electron chi connectivity index (χ4n) is 1.67. The molecule has 0 aromatic heterocycles. The monoisotopic (exact) mass is 284 g/mol. The molecular formula is C14H21ClN2O2. The van der Waals surface area contributed by atoms with Gasteiger partial charge in [0.2, 0.25) is 0 Å². The highest BCUT2D eigenvalue weighted by Gasteiger charge is 2.27. The van der Waals surface area contributed by atoms with E-state index >= 15 is 0 Å². The molecule has 0 aliphatic heterocycles. The Morgan fingerprint density at radius 1 is 1.47 bits per heavy atom. The topological polar surface area (TPSA) is 50.4 Å². The second-order valence-electron chi connectivity index (χ2n) is 4.93. The molecule has 1 unspecified atom stereocenters. The lowest BCUT2D eigenvalue weighted by Gasteiger charge is -2.29. The number of ether oxygens (including phenoxy) is 1. The van der Waals surface area contributed by atoms with Crippen molar-refractivity contribution in [1.29, 1.82) is 0 Å². The van der Waals surface area contributed by atoms with Crippen LogP contribution in [0.5, 0.6) is 0 Å². The molecule has 0 bridgehead atoms. The number of hydrogen-bond acceptors (Lipinski definition) is 2. The molecule has 0 aliphatic rings. The largest absolute Gasteiger partial charge is 0.372 e. The Balaban J connectivity index is 2.73. The van der Waals surface area contributed by atoms with Crippen molar-refractivity contribution in [1.82, 2.24) is 10.6 Å². The van der Waals surface area contributed by atoms with Crippen molar-refractivity contribution >= 4 is 17.6 Å². The highest BCUT2D eigenvalue weighted by molar-refractivity contribution is 6.30. The molecule has 1 aromatic rings. The molecule has 19 heavy (non-hydrogen) atoms. The van der Waals surface area contributed by atoms with E-state index in [4.69, 9.17) is 16.3 Å². The number of halogens is 1. The molecule has 2 amide bonds. The van der Waals surface area contributed by atoms with E-state index in [0.29, 0.717) is 11.6 Å². The van der Waals surface area contributed by atoms with E-state index in [1.165, 1.54) is 0 Å². The summed E-state index contributed by atoms with van der Waals surface area (Å²) < 4.78 is 5.53. The summed E-state index contributed by atoms with van der Waals surface area (Å²) in [6, 6.07) is 7.33. The van der Waals surface area contributed by atoms with Gasteiger partial charge in [0.05, 0.1) is 6.54 Å². The maximum absolute atomic E-state index is 11.6. The van der Waals surface area contributed by atoms with E-state index in [1.54, 1.807) is 13.2 Å². The summed E-state index contributed by atoms with van der Waals surface area (Å²) in [4.78, 5) is 11.6. The van der Waals surface area contributed by atoms with Crippen LogP contribution in [0.1, 0.15) is 26.3 Å². The molecule has 5 heteroatoms. The number of urea groups is 1. The maximum Gasteiger partial charge on any atom is 0.315 e. The van der Waals surface area contributed by atoms with Gasteiger partial charge in [-0.25, -0.2) is 4.79 Å². The summed E-state index contributed by atoms with van der Waals surface area (Å²) in [5.74, 6) is 0. The molecule has 0 radical (unpaired) electrons. The average molecular weight is 285 g/mol. The van der Waals surface area contributed by atoms with Gasteiger partial charge in [-0.05, 0) is 38.5 Å². The van der Waals surface area contributed by atoms with Crippen molar-refractivity contribution in [2.75, 3.05) is 13.7 Å². The van der Waals surface area contributed by atoms with E-state index in [9.17, 15) is 4.79 Å². The third kappa shape index (κ3) is 4.73. The van der Waals surface area contributed by atoms with Gasteiger partial charge in [0, 0.05) is 18.2 Å². The summed E-state index contributed by atoms with van der Waals surface area (Å²) in [6.07, 6.45) is 0. The Morgan fingerprint density at radius 2 is 2.16 bits per heavy atom. The van der Waals surface area contributed by atoms with Gasteiger partial charge in [0.15, 0.2) is 0 Å². The molecule has 0 spiro atoms. The standard InChI is InChI=1S/C14H21ClN2O2/c1-10(2)17-13(18)16-9-14(3,19-4)11-6-5-7-12(15)8-11/h5-8,10H,9H2,1-4H3,(H2,16,17,18). The molecule has 1 atom stereocenters. The summed E-state index contributed by atoms with van der Waals surface area (Å²) in [6.45, 7) is 6.09. The Kier molecular flexibility index (Phi) is 5.63. The molecule has 0 fully saturated rings. The smallest absolute Gasteiger partial charge is 0.315 e. The van der Waals surface area contributed by atoms with Crippen LogP contribution in [0.15, 0.2) is 24.3 Å². The molecule has 0 heterocycles. The molecular weight excluding hydrogens is 264 g/mol. The zero-order chi connectivity index (χ0) is 14.5. The van der Waals surface area contributed by atoms with E-state index in [2.05, 4.69) is 10.6 Å². The zero-order valence-corrected chi connectivity index (χ0v) is 12.5. The van der Waals surface area contributed by atoms with Crippen LogP contribution in [0.25, 0.3) is 0 Å². The first-order valence-corrected chi connectivity index (χ1v) is 6.61. The number of carbonyl (C=O) groups is 1. The lowest BCUT2D eigenvalue weighted by molar-refractivity contribution is 0.00484. The first kappa shape index (κ1) is 15.8. The lowest BCUT2D eigenvalue weighted by atomic mass is 9.96. The second-order valence-corrected chi connectivity index (χ2v) is 5.36. The van der Waals surface area contributed by atoms with Gasteiger partial charge in [-0.2, -0.15) is 0 Å².